The Morgan fingerprint density at radius 2 is 2.29 bits per heavy atom. The van der Waals surface area contributed by atoms with Crippen LogP contribution in [0.2, 0.25) is 0 Å². The van der Waals surface area contributed by atoms with Gasteiger partial charge in [-0.05, 0) is 19.4 Å². The summed E-state index contributed by atoms with van der Waals surface area (Å²) >= 11 is 0. The Kier molecular flexibility index (Phi) is 5.78. The Labute approximate surface area is 124 Å². The second-order valence-corrected chi connectivity index (χ2v) is 4.78. The maximum absolute atomic E-state index is 11.3. The smallest absolute Gasteiger partial charge is 0.330 e. The van der Waals surface area contributed by atoms with Crippen LogP contribution < -0.4 is 0 Å². The summed E-state index contributed by atoms with van der Waals surface area (Å²) in [7, 11) is 0. The van der Waals surface area contributed by atoms with Gasteiger partial charge in [-0.1, -0.05) is 24.3 Å². The van der Waals surface area contributed by atoms with Crippen LogP contribution in [0.3, 0.4) is 0 Å². The zero-order valence-corrected chi connectivity index (χ0v) is 12.0. The largest absolute Gasteiger partial charge is 0.508 e. The molecule has 0 amide bonds. The predicted octanol–water partition coefficient (Wildman–Crippen LogP) is 2.56. The first-order valence-corrected chi connectivity index (χ1v) is 7.03. The van der Waals surface area contributed by atoms with Crippen LogP contribution in [0.1, 0.15) is 25.0 Å². The van der Waals surface area contributed by atoms with Gasteiger partial charge in [-0.25, -0.2) is 4.79 Å². The van der Waals surface area contributed by atoms with E-state index in [9.17, 15) is 9.90 Å². The molecule has 5 heteroatoms. The minimum Gasteiger partial charge on any atom is -0.508 e. The van der Waals surface area contributed by atoms with Gasteiger partial charge in [0.05, 0.1) is 19.3 Å². The van der Waals surface area contributed by atoms with Crippen molar-refractivity contribution >= 4 is 5.97 Å². The van der Waals surface area contributed by atoms with Crippen molar-refractivity contribution in [2.45, 2.75) is 19.4 Å². The maximum atomic E-state index is 11.3. The molecular weight excluding hydrogens is 272 g/mol. The molecule has 0 saturated carbocycles. The number of carbonyl (C=O) groups excluding carboxylic acids is 1. The van der Waals surface area contributed by atoms with Gasteiger partial charge in [-0.15, -0.1) is 0 Å². The van der Waals surface area contributed by atoms with Gasteiger partial charge in [0.2, 0.25) is 0 Å². The van der Waals surface area contributed by atoms with E-state index in [-0.39, 0.29) is 30.5 Å². The molecule has 1 aromatic rings. The van der Waals surface area contributed by atoms with E-state index in [0.29, 0.717) is 19.6 Å². The van der Waals surface area contributed by atoms with Crippen LogP contribution in [0.25, 0.3) is 0 Å². The topological polar surface area (TPSA) is 65.0 Å². The van der Waals surface area contributed by atoms with E-state index in [4.69, 9.17) is 14.2 Å². The summed E-state index contributed by atoms with van der Waals surface area (Å²) in [5.41, 5.74) is 0.746. The molecule has 1 aliphatic rings. The van der Waals surface area contributed by atoms with Crippen LogP contribution >= 0.6 is 0 Å². The van der Waals surface area contributed by atoms with Crippen LogP contribution in [-0.2, 0) is 19.0 Å². The molecule has 1 unspecified atom stereocenters. The molecule has 21 heavy (non-hydrogen) atoms. The average Bonchev–Trinajstić information content (AvgIpc) is 2.49. The zero-order valence-electron chi connectivity index (χ0n) is 12.0. The number of phenolic OH excluding ortho intramolecular Hbond substituents is 1. The van der Waals surface area contributed by atoms with Gasteiger partial charge in [0.1, 0.15) is 12.5 Å². The number of para-hydroxylation sites is 1. The third-order valence-electron chi connectivity index (χ3n) is 3.31. The number of carbonyl (C=O) groups is 1. The number of hydrogen-bond donors (Lipinski definition) is 1. The number of aromatic hydroxyl groups is 1. The standard InChI is InChI=1S/C16H20O5/c1-2-20-15(18)9-5-6-12-10-19-11-21-16(12)13-7-3-4-8-14(13)17/h3-5,7-9,12,16-17H,2,6,10-11H2,1H3/b9-5+/t12?,16-/m0/s1. The molecule has 1 fully saturated rings. The first kappa shape index (κ1) is 15.5. The number of hydrogen-bond acceptors (Lipinski definition) is 5. The third kappa shape index (κ3) is 4.31. The number of esters is 1. The molecule has 0 bridgehead atoms. The van der Waals surface area contributed by atoms with Crippen molar-refractivity contribution in [2.75, 3.05) is 20.0 Å². The molecule has 0 aromatic heterocycles. The lowest BCUT2D eigenvalue weighted by Gasteiger charge is -2.31. The molecule has 1 saturated heterocycles. The van der Waals surface area contributed by atoms with Crippen molar-refractivity contribution in [1.29, 1.82) is 0 Å². The maximum Gasteiger partial charge on any atom is 0.330 e. The van der Waals surface area contributed by atoms with E-state index in [0.717, 1.165) is 5.56 Å². The van der Waals surface area contributed by atoms with Crippen molar-refractivity contribution in [1.82, 2.24) is 0 Å². The molecule has 1 aliphatic heterocycles. The summed E-state index contributed by atoms with van der Waals surface area (Å²) in [5, 5.41) is 9.95. The molecule has 0 aliphatic carbocycles. The van der Waals surface area contributed by atoms with E-state index in [2.05, 4.69) is 0 Å². The summed E-state index contributed by atoms with van der Waals surface area (Å²) in [6.07, 6.45) is 3.54. The van der Waals surface area contributed by atoms with Gasteiger partial charge in [0.25, 0.3) is 0 Å². The molecule has 0 radical (unpaired) electrons. The Morgan fingerprint density at radius 1 is 1.48 bits per heavy atom. The molecule has 5 nitrogen and oxygen atoms in total. The zero-order chi connectivity index (χ0) is 15.1. The van der Waals surface area contributed by atoms with Gasteiger partial charge < -0.3 is 19.3 Å². The highest BCUT2D eigenvalue weighted by Gasteiger charge is 2.29. The highest BCUT2D eigenvalue weighted by molar-refractivity contribution is 5.81. The van der Waals surface area contributed by atoms with E-state index < -0.39 is 0 Å². The van der Waals surface area contributed by atoms with Gasteiger partial charge in [-0.2, -0.15) is 0 Å². The van der Waals surface area contributed by atoms with Crippen LogP contribution in [0, 0.1) is 5.92 Å². The molecule has 1 heterocycles. The lowest BCUT2D eigenvalue weighted by molar-refractivity contribution is -0.172. The lowest BCUT2D eigenvalue weighted by Crippen LogP contribution is -2.28. The highest BCUT2D eigenvalue weighted by atomic mass is 16.7. The predicted molar refractivity (Wildman–Crippen MR) is 76.6 cm³/mol. The van der Waals surface area contributed by atoms with Crippen LogP contribution in [-0.4, -0.2) is 31.1 Å². The number of allylic oxidation sites excluding steroid dienone is 1. The van der Waals surface area contributed by atoms with E-state index in [1.54, 1.807) is 25.1 Å². The Balaban J connectivity index is 2.03. The quantitative estimate of drug-likeness (QED) is 0.667. The summed E-state index contributed by atoms with van der Waals surface area (Å²) in [6, 6.07) is 7.11. The van der Waals surface area contributed by atoms with Crippen molar-refractivity contribution in [3.63, 3.8) is 0 Å². The minimum absolute atomic E-state index is 0.0396. The Bertz CT molecular complexity index is 497. The summed E-state index contributed by atoms with van der Waals surface area (Å²) in [6.45, 7) is 2.85. The molecule has 0 spiro atoms. The third-order valence-corrected chi connectivity index (χ3v) is 3.31. The normalized spacial score (nSPS) is 22.3. The van der Waals surface area contributed by atoms with E-state index in [1.165, 1.54) is 6.08 Å². The molecule has 114 valence electrons. The summed E-state index contributed by atoms with van der Waals surface area (Å²) in [4.78, 5) is 11.3. The molecule has 1 aromatic carbocycles. The van der Waals surface area contributed by atoms with Gasteiger partial charge in [0, 0.05) is 17.6 Å². The van der Waals surface area contributed by atoms with Crippen LogP contribution in [0.5, 0.6) is 5.75 Å². The Hall–Kier alpha value is -1.85. The van der Waals surface area contributed by atoms with Crippen LogP contribution in [0.4, 0.5) is 0 Å². The summed E-state index contributed by atoms with van der Waals surface area (Å²) < 4.78 is 15.8. The molecule has 2 rings (SSSR count). The molecular formula is C16H20O5. The fraction of sp³-hybridized carbons (Fsp3) is 0.438. The SMILES string of the molecule is CCOC(=O)/C=C/CC1COCO[C@@H]1c1ccccc1O. The Morgan fingerprint density at radius 3 is 3.05 bits per heavy atom. The lowest BCUT2D eigenvalue weighted by atomic mass is 9.92. The first-order chi connectivity index (χ1) is 10.2. The van der Waals surface area contributed by atoms with Crippen molar-refractivity contribution < 1.29 is 24.1 Å². The van der Waals surface area contributed by atoms with E-state index >= 15 is 0 Å². The number of phenols is 1. The minimum atomic E-state index is -0.353. The van der Waals surface area contributed by atoms with Crippen molar-refractivity contribution in [2.24, 2.45) is 5.92 Å². The first-order valence-electron chi connectivity index (χ1n) is 7.03. The second-order valence-electron chi connectivity index (χ2n) is 4.78. The van der Waals surface area contributed by atoms with Crippen molar-refractivity contribution in [3.05, 3.63) is 42.0 Å². The summed E-state index contributed by atoms with van der Waals surface area (Å²) in [5.74, 6) is -0.101. The molecule has 1 N–H and O–H groups in total. The molecule has 2 atom stereocenters. The fourth-order valence-electron chi connectivity index (χ4n) is 2.34. The highest BCUT2D eigenvalue weighted by Crippen LogP contribution is 2.36. The number of rotatable bonds is 5. The number of benzene rings is 1. The van der Waals surface area contributed by atoms with Gasteiger partial charge >= 0.3 is 5.97 Å². The van der Waals surface area contributed by atoms with Gasteiger partial charge in [-0.3, -0.25) is 0 Å². The van der Waals surface area contributed by atoms with Gasteiger partial charge in [0.15, 0.2) is 0 Å². The average molecular weight is 292 g/mol. The van der Waals surface area contributed by atoms with E-state index in [1.807, 2.05) is 12.1 Å². The second kappa shape index (κ2) is 7.81. The van der Waals surface area contributed by atoms with Crippen LogP contribution in [0.15, 0.2) is 36.4 Å². The monoisotopic (exact) mass is 292 g/mol. The number of ether oxygens (including phenoxy) is 3. The van der Waals surface area contributed by atoms with Crippen molar-refractivity contribution in [3.8, 4) is 5.75 Å². The fourth-order valence-corrected chi connectivity index (χ4v) is 2.34.